The molecule has 1 heterocycles. The quantitative estimate of drug-likeness (QED) is 0.877. The summed E-state index contributed by atoms with van der Waals surface area (Å²) in [5.74, 6) is -0.0898. The molecule has 0 aliphatic rings. The van der Waals surface area contributed by atoms with Crippen molar-refractivity contribution in [1.82, 2.24) is 9.78 Å². The summed E-state index contributed by atoms with van der Waals surface area (Å²) in [7, 11) is 0. The summed E-state index contributed by atoms with van der Waals surface area (Å²) in [5.41, 5.74) is 7.61. The molecule has 0 amide bonds. The Labute approximate surface area is 115 Å². The summed E-state index contributed by atoms with van der Waals surface area (Å²) < 4.78 is 20.4. The average molecular weight is 284 g/mol. The van der Waals surface area contributed by atoms with Crippen molar-refractivity contribution in [2.24, 2.45) is 0 Å². The summed E-state index contributed by atoms with van der Waals surface area (Å²) in [6.07, 6.45) is 0. The second-order valence-corrected chi connectivity index (χ2v) is 4.51. The first-order valence-electron chi connectivity index (χ1n) is 5.92. The Hall–Kier alpha value is -1.75. The van der Waals surface area contributed by atoms with Crippen LogP contribution in [0.1, 0.15) is 18.3 Å². The maximum Gasteiger partial charge on any atom is 0.145 e. The van der Waals surface area contributed by atoms with Gasteiger partial charge in [-0.25, -0.2) is 4.39 Å². The Morgan fingerprint density at radius 2 is 2.21 bits per heavy atom. The number of nitrogen functional groups attached to an aromatic ring is 1. The van der Waals surface area contributed by atoms with Gasteiger partial charge in [0.05, 0.1) is 22.1 Å². The smallest absolute Gasteiger partial charge is 0.145 e. The first-order chi connectivity index (χ1) is 9.02. The number of hydrogen-bond donors (Lipinski definition) is 1. The van der Waals surface area contributed by atoms with E-state index in [0.29, 0.717) is 23.0 Å². The Bertz CT molecular complexity index is 598. The van der Waals surface area contributed by atoms with Gasteiger partial charge in [0.25, 0.3) is 0 Å². The fourth-order valence-corrected chi connectivity index (χ4v) is 1.98. The summed E-state index contributed by atoms with van der Waals surface area (Å²) >= 11 is 6.16. The van der Waals surface area contributed by atoms with Crippen molar-refractivity contribution < 1.29 is 9.13 Å². The third kappa shape index (κ3) is 2.81. The molecule has 19 heavy (non-hydrogen) atoms. The topological polar surface area (TPSA) is 53.1 Å². The standard InChI is InChI=1S/C13H15ClFN3O/c1-3-18-11(13(14)8(2)17-18)7-19-12-6-9(15)4-5-10(12)16/h4-6H,3,7,16H2,1-2H3. The molecule has 1 aromatic heterocycles. The van der Waals surface area contributed by atoms with Crippen LogP contribution in [0.4, 0.5) is 10.1 Å². The zero-order valence-electron chi connectivity index (χ0n) is 10.8. The Morgan fingerprint density at radius 1 is 1.47 bits per heavy atom. The van der Waals surface area contributed by atoms with Crippen molar-refractivity contribution in [3.05, 3.63) is 40.4 Å². The molecule has 0 radical (unpaired) electrons. The molecule has 0 atom stereocenters. The van der Waals surface area contributed by atoms with Gasteiger partial charge in [0.15, 0.2) is 0 Å². The van der Waals surface area contributed by atoms with Gasteiger partial charge in [-0.2, -0.15) is 5.10 Å². The number of nitrogens with two attached hydrogens (primary N) is 1. The molecule has 0 aliphatic carbocycles. The third-order valence-electron chi connectivity index (χ3n) is 2.79. The normalized spacial score (nSPS) is 10.7. The van der Waals surface area contributed by atoms with Crippen molar-refractivity contribution >= 4 is 17.3 Å². The van der Waals surface area contributed by atoms with Gasteiger partial charge >= 0.3 is 0 Å². The molecule has 0 unspecified atom stereocenters. The Balaban J connectivity index is 2.21. The molecule has 1 aromatic carbocycles. The highest BCUT2D eigenvalue weighted by Crippen LogP contribution is 2.26. The van der Waals surface area contributed by atoms with Crippen LogP contribution in [-0.2, 0) is 13.2 Å². The van der Waals surface area contributed by atoms with Gasteiger partial charge < -0.3 is 10.5 Å². The number of aromatic nitrogens is 2. The van der Waals surface area contributed by atoms with Gasteiger partial charge in [0.1, 0.15) is 18.2 Å². The minimum absolute atomic E-state index is 0.196. The van der Waals surface area contributed by atoms with E-state index in [2.05, 4.69) is 5.10 Å². The number of aryl methyl sites for hydroxylation is 2. The van der Waals surface area contributed by atoms with Crippen molar-refractivity contribution in [2.75, 3.05) is 5.73 Å². The average Bonchev–Trinajstić information content (AvgIpc) is 2.66. The fraction of sp³-hybridized carbons (Fsp3) is 0.308. The van der Waals surface area contributed by atoms with Gasteiger partial charge in [-0.3, -0.25) is 4.68 Å². The number of hydrogen-bond acceptors (Lipinski definition) is 3. The molecule has 0 fully saturated rings. The van der Waals surface area contributed by atoms with Gasteiger partial charge in [0, 0.05) is 12.6 Å². The van der Waals surface area contributed by atoms with Gasteiger partial charge in [0.2, 0.25) is 0 Å². The van der Waals surface area contributed by atoms with E-state index in [1.807, 2.05) is 13.8 Å². The number of rotatable bonds is 4. The van der Waals surface area contributed by atoms with E-state index in [0.717, 1.165) is 11.4 Å². The molecule has 0 bridgehead atoms. The van der Waals surface area contributed by atoms with Gasteiger partial charge in [-0.1, -0.05) is 11.6 Å². The summed E-state index contributed by atoms with van der Waals surface area (Å²) in [6, 6.07) is 4.01. The fourth-order valence-electron chi connectivity index (χ4n) is 1.79. The summed E-state index contributed by atoms with van der Waals surface area (Å²) in [5, 5.41) is 4.85. The monoisotopic (exact) mass is 283 g/mol. The first-order valence-corrected chi connectivity index (χ1v) is 6.30. The van der Waals surface area contributed by atoms with E-state index >= 15 is 0 Å². The number of anilines is 1. The van der Waals surface area contributed by atoms with Crippen molar-refractivity contribution in [3.8, 4) is 5.75 Å². The molecule has 0 saturated heterocycles. The lowest BCUT2D eigenvalue weighted by Crippen LogP contribution is -2.07. The minimum atomic E-state index is -0.393. The second-order valence-electron chi connectivity index (χ2n) is 4.13. The highest BCUT2D eigenvalue weighted by Gasteiger charge is 2.13. The van der Waals surface area contributed by atoms with Crippen LogP contribution in [0.3, 0.4) is 0 Å². The van der Waals surface area contributed by atoms with Crippen LogP contribution < -0.4 is 10.5 Å². The van der Waals surface area contributed by atoms with Crippen LogP contribution in [0.2, 0.25) is 5.02 Å². The van der Waals surface area contributed by atoms with Crippen LogP contribution in [0.25, 0.3) is 0 Å². The van der Waals surface area contributed by atoms with Crippen molar-refractivity contribution in [3.63, 3.8) is 0 Å². The molecule has 6 heteroatoms. The predicted octanol–water partition coefficient (Wildman–Crippen LogP) is 3.17. The highest BCUT2D eigenvalue weighted by atomic mass is 35.5. The second kappa shape index (κ2) is 5.48. The van der Waals surface area contributed by atoms with Crippen LogP contribution in [0.15, 0.2) is 18.2 Å². The largest absolute Gasteiger partial charge is 0.485 e. The maximum atomic E-state index is 13.1. The highest BCUT2D eigenvalue weighted by molar-refractivity contribution is 6.31. The Kier molecular flexibility index (Phi) is 3.95. The lowest BCUT2D eigenvalue weighted by Gasteiger charge is -2.10. The molecule has 0 saturated carbocycles. The summed E-state index contributed by atoms with van der Waals surface area (Å²) in [6.45, 7) is 4.67. The maximum absolute atomic E-state index is 13.1. The number of nitrogens with zero attached hydrogens (tertiary/aromatic N) is 2. The van der Waals surface area contributed by atoms with Gasteiger partial charge in [-0.15, -0.1) is 0 Å². The number of ether oxygens (including phenoxy) is 1. The SMILES string of the molecule is CCn1nc(C)c(Cl)c1COc1cc(F)ccc1N. The minimum Gasteiger partial charge on any atom is -0.485 e. The van der Waals surface area contributed by atoms with Crippen LogP contribution >= 0.6 is 11.6 Å². The number of halogens is 2. The molecule has 2 aromatic rings. The predicted molar refractivity (Wildman–Crippen MR) is 72.8 cm³/mol. The van der Waals surface area contributed by atoms with E-state index < -0.39 is 5.82 Å². The molecule has 2 rings (SSSR count). The van der Waals surface area contributed by atoms with E-state index in [1.165, 1.54) is 18.2 Å². The van der Waals surface area contributed by atoms with Crippen LogP contribution in [-0.4, -0.2) is 9.78 Å². The van der Waals surface area contributed by atoms with Crippen molar-refractivity contribution in [1.29, 1.82) is 0 Å². The van der Waals surface area contributed by atoms with Crippen LogP contribution in [0.5, 0.6) is 5.75 Å². The van der Waals surface area contributed by atoms with E-state index in [1.54, 1.807) is 4.68 Å². The molecular weight excluding hydrogens is 269 g/mol. The third-order valence-corrected chi connectivity index (χ3v) is 3.28. The van der Waals surface area contributed by atoms with E-state index in [4.69, 9.17) is 22.1 Å². The molecule has 4 nitrogen and oxygen atoms in total. The van der Waals surface area contributed by atoms with Crippen molar-refractivity contribution in [2.45, 2.75) is 27.0 Å². The molecule has 0 aliphatic heterocycles. The van der Waals surface area contributed by atoms with E-state index in [-0.39, 0.29) is 6.61 Å². The zero-order valence-corrected chi connectivity index (χ0v) is 11.5. The first kappa shape index (κ1) is 13.7. The number of benzene rings is 1. The van der Waals surface area contributed by atoms with Gasteiger partial charge in [-0.05, 0) is 26.0 Å². The molecule has 0 spiro atoms. The lowest BCUT2D eigenvalue weighted by atomic mass is 10.3. The zero-order chi connectivity index (χ0) is 14.0. The molecular formula is C13H15ClFN3O. The molecule has 102 valence electrons. The summed E-state index contributed by atoms with van der Waals surface area (Å²) in [4.78, 5) is 0. The lowest BCUT2D eigenvalue weighted by molar-refractivity contribution is 0.293. The van der Waals surface area contributed by atoms with E-state index in [9.17, 15) is 4.39 Å². The van der Waals surface area contributed by atoms with Crippen LogP contribution in [0, 0.1) is 12.7 Å². The molecule has 2 N–H and O–H groups in total. The Morgan fingerprint density at radius 3 is 2.89 bits per heavy atom.